The van der Waals surface area contributed by atoms with E-state index in [0.29, 0.717) is 29.1 Å². The molecule has 128 valence electrons. The summed E-state index contributed by atoms with van der Waals surface area (Å²) in [5.41, 5.74) is 12.5. The molecule has 0 aromatic heterocycles. The number of carbonyl (C=O) groups is 2. The Labute approximate surface area is 141 Å². The van der Waals surface area contributed by atoms with Crippen molar-refractivity contribution in [3.8, 4) is 6.07 Å². The zero-order chi connectivity index (χ0) is 18.3. The topological polar surface area (TPSA) is 134 Å². The summed E-state index contributed by atoms with van der Waals surface area (Å²) in [6.07, 6.45) is 1.80. The van der Waals surface area contributed by atoms with Crippen molar-refractivity contribution in [1.29, 1.82) is 5.26 Å². The first-order valence-electron chi connectivity index (χ1n) is 7.57. The number of hydrogen-bond acceptors (Lipinski definition) is 5. The maximum atomic E-state index is 11.8. The van der Waals surface area contributed by atoms with Gasteiger partial charge < -0.3 is 22.1 Å². The van der Waals surface area contributed by atoms with Crippen molar-refractivity contribution in [1.82, 2.24) is 0 Å². The summed E-state index contributed by atoms with van der Waals surface area (Å²) >= 11 is 0. The van der Waals surface area contributed by atoms with Crippen LogP contribution in [0.2, 0.25) is 0 Å². The highest BCUT2D eigenvalue weighted by Crippen LogP contribution is 2.22. The molecule has 0 aliphatic heterocycles. The minimum atomic E-state index is -0.535. The maximum absolute atomic E-state index is 11.8. The van der Waals surface area contributed by atoms with Gasteiger partial charge in [0.1, 0.15) is 12.1 Å². The van der Waals surface area contributed by atoms with E-state index >= 15 is 0 Å². The third kappa shape index (κ3) is 6.01. The maximum Gasteiger partial charge on any atom is 0.250 e. The van der Waals surface area contributed by atoms with E-state index in [9.17, 15) is 9.59 Å². The number of primary amides is 1. The van der Waals surface area contributed by atoms with Crippen molar-refractivity contribution in [2.24, 2.45) is 17.4 Å². The van der Waals surface area contributed by atoms with E-state index in [1.807, 2.05) is 19.9 Å². The van der Waals surface area contributed by atoms with E-state index < -0.39 is 17.9 Å². The molecule has 0 heterocycles. The standard InChI is InChI=1S/C17H23N5O2/c1-10(2)6-15(17(20)24)21-13-5-4-12(9-18)14(8-13)22-16(23)7-11(3)19/h4-5,7-8,10,15,21H,6,19H2,1-3H3,(H2,20,24)(H,22,23)/t15-/m1/s1. The van der Waals surface area contributed by atoms with Crippen molar-refractivity contribution in [2.45, 2.75) is 33.2 Å². The number of allylic oxidation sites excluding steroid dienone is 1. The van der Waals surface area contributed by atoms with Crippen LogP contribution in [0.3, 0.4) is 0 Å². The fraction of sp³-hybridized carbons (Fsp3) is 0.353. The van der Waals surface area contributed by atoms with Crippen molar-refractivity contribution in [3.05, 3.63) is 35.5 Å². The van der Waals surface area contributed by atoms with Gasteiger partial charge in [-0.3, -0.25) is 9.59 Å². The van der Waals surface area contributed by atoms with Crippen LogP contribution in [-0.2, 0) is 9.59 Å². The van der Waals surface area contributed by atoms with Crippen molar-refractivity contribution < 1.29 is 9.59 Å². The summed E-state index contributed by atoms with van der Waals surface area (Å²) in [6, 6.07) is 6.28. The molecular weight excluding hydrogens is 306 g/mol. The Bertz CT molecular complexity index is 685. The number of nitrogens with one attached hydrogen (secondary N) is 2. The molecule has 0 saturated heterocycles. The molecule has 24 heavy (non-hydrogen) atoms. The summed E-state index contributed by atoms with van der Waals surface area (Å²) in [4.78, 5) is 23.4. The molecule has 1 atom stereocenters. The number of nitrogens with two attached hydrogens (primary N) is 2. The van der Waals surface area contributed by atoms with Crippen LogP contribution < -0.4 is 22.1 Å². The van der Waals surface area contributed by atoms with Gasteiger partial charge in [-0.2, -0.15) is 5.26 Å². The molecule has 0 aliphatic carbocycles. The van der Waals surface area contributed by atoms with Crippen LogP contribution in [-0.4, -0.2) is 17.9 Å². The van der Waals surface area contributed by atoms with Gasteiger partial charge >= 0.3 is 0 Å². The first-order chi connectivity index (χ1) is 11.2. The second-order valence-corrected chi connectivity index (χ2v) is 5.98. The second-order valence-electron chi connectivity index (χ2n) is 5.98. The van der Waals surface area contributed by atoms with E-state index in [4.69, 9.17) is 16.7 Å². The zero-order valence-electron chi connectivity index (χ0n) is 14.1. The predicted molar refractivity (Wildman–Crippen MR) is 93.8 cm³/mol. The summed E-state index contributed by atoms with van der Waals surface area (Å²) in [5, 5.41) is 14.8. The Kier molecular flexibility index (Phi) is 6.80. The smallest absolute Gasteiger partial charge is 0.250 e. The highest BCUT2D eigenvalue weighted by molar-refractivity contribution is 6.00. The van der Waals surface area contributed by atoms with E-state index in [1.165, 1.54) is 6.08 Å². The lowest BCUT2D eigenvalue weighted by Gasteiger charge is -2.19. The van der Waals surface area contributed by atoms with Gasteiger partial charge in [0.05, 0.1) is 11.3 Å². The van der Waals surface area contributed by atoms with E-state index in [2.05, 4.69) is 10.6 Å². The molecule has 7 nitrogen and oxygen atoms in total. The molecule has 2 amide bonds. The molecule has 0 saturated carbocycles. The molecule has 1 aromatic rings. The lowest BCUT2D eigenvalue weighted by molar-refractivity contribution is -0.119. The minimum absolute atomic E-state index is 0.283. The summed E-state index contributed by atoms with van der Waals surface area (Å²) in [7, 11) is 0. The van der Waals surface area contributed by atoms with Gasteiger partial charge in [0.25, 0.3) is 0 Å². The van der Waals surface area contributed by atoms with Crippen molar-refractivity contribution >= 4 is 23.2 Å². The predicted octanol–water partition coefficient (Wildman–Crippen LogP) is 1.67. The first-order valence-corrected chi connectivity index (χ1v) is 7.57. The fourth-order valence-electron chi connectivity index (χ4n) is 2.13. The van der Waals surface area contributed by atoms with Crippen molar-refractivity contribution in [3.63, 3.8) is 0 Å². The van der Waals surface area contributed by atoms with Crippen molar-refractivity contribution in [2.75, 3.05) is 10.6 Å². The fourth-order valence-corrected chi connectivity index (χ4v) is 2.13. The van der Waals surface area contributed by atoms with Crippen LogP contribution in [0.4, 0.5) is 11.4 Å². The monoisotopic (exact) mass is 329 g/mol. The number of amides is 2. The number of anilines is 2. The average Bonchev–Trinajstić information content (AvgIpc) is 2.45. The van der Waals surface area contributed by atoms with Crippen LogP contribution in [0.15, 0.2) is 30.0 Å². The van der Waals surface area contributed by atoms with Gasteiger partial charge in [0.2, 0.25) is 11.8 Å². The van der Waals surface area contributed by atoms with Crippen LogP contribution in [0.1, 0.15) is 32.8 Å². The number of nitrogens with zero attached hydrogens (tertiary/aromatic N) is 1. The first kappa shape index (κ1) is 19.0. The zero-order valence-corrected chi connectivity index (χ0v) is 14.1. The Balaban J connectivity index is 3.04. The molecular formula is C17H23N5O2. The number of rotatable bonds is 7. The summed E-state index contributed by atoms with van der Waals surface area (Å²) in [5.74, 6) is -0.608. The number of nitriles is 1. The van der Waals surface area contributed by atoms with Crippen LogP contribution >= 0.6 is 0 Å². The molecule has 7 heteroatoms. The molecule has 0 bridgehead atoms. The molecule has 1 aromatic carbocycles. The lowest BCUT2D eigenvalue weighted by atomic mass is 10.0. The molecule has 0 spiro atoms. The third-order valence-corrected chi connectivity index (χ3v) is 3.15. The molecule has 0 radical (unpaired) electrons. The lowest BCUT2D eigenvalue weighted by Crippen LogP contribution is -2.36. The molecule has 6 N–H and O–H groups in total. The Morgan fingerprint density at radius 1 is 1.33 bits per heavy atom. The number of benzene rings is 1. The van der Waals surface area contributed by atoms with Gasteiger partial charge in [0.15, 0.2) is 0 Å². The molecule has 0 unspecified atom stereocenters. The third-order valence-electron chi connectivity index (χ3n) is 3.15. The molecule has 1 rings (SSSR count). The summed E-state index contributed by atoms with van der Waals surface area (Å²) < 4.78 is 0. The SMILES string of the molecule is CC(N)=CC(=O)Nc1cc(N[C@H](CC(C)C)C(N)=O)ccc1C#N. The quantitative estimate of drug-likeness (QED) is 0.564. The van der Waals surface area contributed by atoms with E-state index in [1.54, 1.807) is 25.1 Å². The Morgan fingerprint density at radius 2 is 2.00 bits per heavy atom. The number of hydrogen-bond donors (Lipinski definition) is 4. The Morgan fingerprint density at radius 3 is 2.50 bits per heavy atom. The molecule has 0 aliphatic rings. The Hall–Kier alpha value is -3.01. The molecule has 0 fully saturated rings. The van der Waals surface area contributed by atoms with Crippen LogP contribution in [0.25, 0.3) is 0 Å². The largest absolute Gasteiger partial charge is 0.402 e. The number of carbonyl (C=O) groups excluding carboxylic acids is 2. The average molecular weight is 329 g/mol. The highest BCUT2D eigenvalue weighted by atomic mass is 16.2. The normalized spacial score (nSPS) is 12.4. The van der Waals surface area contributed by atoms with E-state index in [-0.39, 0.29) is 5.92 Å². The van der Waals surface area contributed by atoms with Crippen LogP contribution in [0.5, 0.6) is 0 Å². The van der Waals surface area contributed by atoms with Gasteiger partial charge in [0, 0.05) is 17.5 Å². The minimum Gasteiger partial charge on any atom is -0.402 e. The second kappa shape index (κ2) is 8.58. The van der Waals surface area contributed by atoms with Gasteiger partial charge in [-0.15, -0.1) is 0 Å². The van der Waals surface area contributed by atoms with Gasteiger partial charge in [-0.1, -0.05) is 13.8 Å². The highest BCUT2D eigenvalue weighted by Gasteiger charge is 2.17. The van der Waals surface area contributed by atoms with Gasteiger partial charge in [-0.05, 0) is 37.5 Å². The summed E-state index contributed by atoms with van der Waals surface area (Å²) in [6.45, 7) is 5.57. The van der Waals surface area contributed by atoms with E-state index in [0.717, 1.165) is 0 Å². The van der Waals surface area contributed by atoms with Gasteiger partial charge in [-0.25, -0.2) is 0 Å². The van der Waals surface area contributed by atoms with Crippen LogP contribution in [0, 0.1) is 17.2 Å².